The summed E-state index contributed by atoms with van der Waals surface area (Å²) in [5, 5.41) is 14.2. The molecule has 0 bridgehead atoms. The lowest BCUT2D eigenvalue weighted by molar-refractivity contribution is -0.136. The number of aliphatic hydroxyl groups excluding tert-OH is 1. The van der Waals surface area contributed by atoms with Crippen molar-refractivity contribution in [2.45, 2.75) is 13.0 Å². The van der Waals surface area contributed by atoms with Gasteiger partial charge in [0.15, 0.2) is 0 Å². The van der Waals surface area contributed by atoms with Gasteiger partial charge in [-0.3, -0.25) is 9.59 Å². The zero-order chi connectivity index (χ0) is 13.7. The van der Waals surface area contributed by atoms with Crippen LogP contribution >= 0.6 is 23.2 Å². The van der Waals surface area contributed by atoms with Gasteiger partial charge in [-0.25, -0.2) is 0 Å². The van der Waals surface area contributed by atoms with Crippen molar-refractivity contribution in [3.63, 3.8) is 0 Å². The molecule has 0 fully saturated rings. The fraction of sp³-hybridized carbons (Fsp3) is 0.273. The first-order valence-corrected chi connectivity index (χ1v) is 5.88. The Bertz CT molecular complexity index is 464. The highest BCUT2D eigenvalue weighted by Gasteiger charge is 2.14. The summed E-state index contributed by atoms with van der Waals surface area (Å²) in [6.45, 7) is 1.50. The Labute approximate surface area is 114 Å². The van der Waals surface area contributed by atoms with Gasteiger partial charge < -0.3 is 15.7 Å². The molecular formula is C11H12Cl2N2O3. The van der Waals surface area contributed by atoms with E-state index < -0.39 is 17.9 Å². The van der Waals surface area contributed by atoms with E-state index in [-0.39, 0.29) is 11.6 Å². The molecule has 0 spiro atoms. The maximum absolute atomic E-state index is 11.4. The van der Waals surface area contributed by atoms with Crippen molar-refractivity contribution in [1.82, 2.24) is 5.32 Å². The average molecular weight is 291 g/mol. The van der Waals surface area contributed by atoms with Gasteiger partial charge in [-0.05, 0) is 25.1 Å². The highest BCUT2D eigenvalue weighted by atomic mass is 35.5. The van der Waals surface area contributed by atoms with Gasteiger partial charge in [0, 0.05) is 12.2 Å². The van der Waals surface area contributed by atoms with Crippen molar-refractivity contribution in [3.05, 3.63) is 28.2 Å². The molecule has 7 heteroatoms. The number of carbonyl (C=O) groups excluding carboxylic acids is 2. The van der Waals surface area contributed by atoms with Crippen molar-refractivity contribution >= 4 is 40.7 Å². The number of nitrogens with one attached hydrogen (secondary N) is 2. The molecule has 1 aromatic rings. The van der Waals surface area contributed by atoms with Crippen LogP contribution in [0.3, 0.4) is 0 Å². The average Bonchev–Trinajstić information content (AvgIpc) is 2.30. The number of benzene rings is 1. The maximum atomic E-state index is 11.4. The van der Waals surface area contributed by atoms with E-state index >= 15 is 0 Å². The number of hydrogen-bond acceptors (Lipinski definition) is 3. The van der Waals surface area contributed by atoms with Gasteiger partial charge >= 0.3 is 11.8 Å². The molecule has 2 amide bonds. The minimum atomic E-state index is -0.839. The van der Waals surface area contributed by atoms with Crippen LogP contribution in [-0.2, 0) is 9.59 Å². The summed E-state index contributed by atoms with van der Waals surface area (Å²) in [4.78, 5) is 22.8. The summed E-state index contributed by atoms with van der Waals surface area (Å²) in [6, 6.07) is 4.46. The first kappa shape index (κ1) is 14.8. The zero-order valence-corrected chi connectivity index (χ0v) is 11.0. The lowest BCUT2D eigenvalue weighted by Gasteiger charge is -2.08. The highest BCUT2D eigenvalue weighted by Crippen LogP contribution is 2.24. The van der Waals surface area contributed by atoms with E-state index in [0.717, 1.165) is 0 Å². The Morgan fingerprint density at radius 1 is 1.28 bits per heavy atom. The standard InChI is InChI=1S/C11H12Cl2N2O3/c1-6(16)5-14-10(17)11(18)15-7-2-3-8(12)9(13)4-7/h2-4,6,16H,5H2,1H3,(H,14,17)(H,15,18). The molecule has 0 saturated carbocycles. The summed E-state index contributed by atoms with van der Waals surface area (Å²) in [5.41, 5.74) is 0.363. The van der Waals surface area contributed by atoms with Crippen molar-refractivity contribution in [1.29, 1.82) is 0 Å². The fourth-order valence-electron chi connectivity index (χ4n) is 1.08. The number of anilines is 1. The molecule has 0 aromatic heterocycles. The van der Waals surface area contributed by atoms with Crippen LogP contribution in [-0.4, -0.2) is 29.6 Å². The van der Waals surface area contributed by atoms with Crippen LogP contribution in [0.2, 0.25) is 10.0 Å². The third-order valence-electron chi connectivity index (χ3n) is 1.94. The summed E-state index contributed by atoms with van der Waals surface area (Å²) in [6.07, 6.45) is -0.716. The topological polar surface area (TPSA) is 78.4 Å². The SMILES string of the molecule is CC(O)CNC(=O)C(=O)Nc1ccc(Cl)c(Cl)c1. The quantitative estimate of drug-likeness (QED) is 0.737. The number of halogens is 2. The number of rotatable bonds is 3. The number of aliphatic hydroxyl groups is 1. The Kier molecular flexibility index (Phi) is 5.40. The van der Waals surface area contributed by atoms with Crippen LogP contribution in [0, 0.1) is 0 Å². The van der Waals surface area contributed by atoms with Gasteiger partial charge in [-0.2, -0.15) is 0 Å². The van der Waals surface area contributed by atoms with Crippen LogP contribution < -0.4 is 10.6 Å². The molecule has 1 aromatic carbocycles. The smallest absolute Gasteiger partial charge is 0.313 e. The fourth-order valence-corrected chi connectivity index (χ4v) is 1.38. The molecule has 98 valence electrons. The predicted octanol–water partition coefficient (Wildman–Crippen LogP) is 1.43. The first-order valence-electron chi connectivity index (χ1n) is 5.12. The molecule has 1 atom stereocenters. The minimum Gasteiger partial charge on any atom is -0.392 e. The summed E-state index contributed by atoms with van der Waals surface area (Å²) in [7, 11) is 0. The van der Waals surface area contributed by atoms with Gasteiger partial charge in [0.2, 0.25) is 0 Å². The zero-order valence-electron chi connectivity index (χ0n) is 9.54. The Hall–Kier alpha value is -1.30. The van der Waals surface area contributed by atoms with Gasteiger partial charge in [-0.1, -0.05) is 23.2 Å². The Morgan fingerprint density at radius 3 is 2.50 bits per heavy atom. The lowest BCUT2D eigenvalue weighted by atomic mass is 10.3. The van der Waals surface area contributed by atoms with E-state index in [9.17, 15) is 9.59 Å². The second kappa shape index (κ2) is 6.58. The van der Waals surface area contributed by atoms with E-state index in [4.69, 9.17) is 28.3 Å². The normalized spacial score (nSPS) is 11.8. The summed E-state index contributed by atoms with van der Waals surface area (Å²) >= 11 is 11.5. The van der Waals surface area contributed by atoms with Gasteiger partial charge in [-0.15, -0.1) is 0 Å². The molecule has 3 N–H and O–H groups in total. The van der Waals surface area contributed by atoms with E-state index in [1.54, 1.807) is 0 Å². The number of amides is 2. The molecule has 0 radical (unpaired) electrons. The van der Waals surface area contributed by atoms with E-state index in [1.165, 1.54) is 25.1 Å². The van der Waals surface area contributed by atoms with Crippen molar-refractivity contribution in [3.8, 4) is 0 Å². The van der Waals surface area contributed by atoms with Crippen molar-refractivity contribution in [2.75, 3.05) is 11.9 Å². The minimum absolute atomic E-state index is 0.00757. The first-order chi connectivity index (χ1) is 8.40. The predicted molar refractivity (Wildman–Crippen MR) is 69.8 cm³/mol. The Balaban J connectivity index is 2.58. The molecule has 0 aliphatic rings. The van der Waals surface area contributed by atoms with Gasteiger partial charge in [0.25, 0.3) is 0 Å². The molecule has 18 heavy (non-hydrogen) atoms. The number of carbonyl (C=O) groups is 2. The van der Waals surface area contributed by atoms with Crippen LogP contribution in [0.1, 0.15) is 6.92 Å². The van der Waals surface area contributed by atoms with Crippen LogP contribution in [0.15, 0.2) is 18.2 Å². The van der Waals surface area contributed by atoms with Gasteiger partial charge in [0.05, 0.1) is 16.1 Å². The third kappa shape index (κ3) is 4.52. The molecule has 0 aliphatic heterocycles. The molecule has 0 saturated heterocycles. The molecule has 1 rings (SSSR count). The van der Waals surface area contributed by atoms with Crippen molar-refractivity contribution in [2.24, 2.45) is 0 Å². The molecule has 1 unspecified atom stereocenters. The second-order valence-corrected chi connectivity index (χ2v) is 4.46. The van der Waals surface area contributed by atoms with Crippen molar-refractivity contribution < 1.29 is 14.7 Å². The van der Waals surface area contributed by atoms with E-state index in [1.807, 2.05) is 0 Å². The molecule has 0 aliphatic carbocycles. The lowest BCUT2D eigenvalue weighted by Crippen LogP contribution is -2.38. The summed E-state index contributed by atoms with van der Waals surface area (Å²) < 4.78 is 0. The third-order valence-corrected chi connectivity index (χ3v) is 2.68. The van der Waals surface area contributed by atoms with Crippen LogP contribution in [0.25, 0.3) is 0 Å². The van der Waals surface area contributed by atoms with E-state index in [2.05, 4.69) is 10.6 Å². The summed E-state index contributed by atoms with van der Waals surface area (Å²) in [5.74, 6) is -1.67. The van der Waals surface area contributed by atoms with Gasteiger partial charge in [0.1, 0.15) is 0 Å². The molecule has 0 heterocycles. The second-order valence-electron chi connectivity index (χ2n) is 3.64. The van der Waals surface area contributed by atoms with Crippen LogP contribution in [0.4, 0.5) is 5.69 Å². The molecular weight excluding hydrogens is 279 g/mol. The van der Waals surface area contributed by atoms with Crippen LogP contribution in [0.5, 0.6) is 0 Å². The highest BCUT2D eigenvalue weighted by molar-refractivity contribution is 6.42. The Morgan fingerprint density at radius 2 is 1.94 bits per heavy atom. The largest absolute Gasteiger partial charge is 0.392 e. The van der Waals surface area contributed by atoms with E-state index in [0.29, 0.717) is 10.7 Å². The number of hydrogen-bond donors (Lipinski definition) is 3. The monoisotopic (exact) mass is 290 g/mol. The maximum Gasteiger partial charge on any atom is 0.313 e. The molecule has 5 nitrogen and oxygen atoms in total.